The van der Waals surface area contributed by atoms with Crippen molar-refractivity contribution >= 4 is 61.5 Å². The highest BCUT2D eigenvalue weighted by Gasteiger charge is 2.33. The Bertz CT molecular complexity index is 1280. The molecule has 1 aliphatic heterocycles. The van der Waals surface area contributed by atoms with Crippen molar-refractivity contribution in [3.05, 3.63) is 97.0 Å². The first kappa shape index (κ1) is 25.3. The van der Waals surface area contributed by atoms with Gasteiger partial charge in [0.2, 0.25) is 0 Å². The van der Waals surface area contributed by atoms with E-state index < -0.39 is 11.9 Å². The highest BCUT2D eigenvalue weighted by molar-refractivity contribution is 9.10. The van der Waals surface area contributed by atoms with Crippen molar-refractivity contribution in [2.45, 2.75) is 20.1 Å². The van der Waals surface area contributed by atoms with Crippen molar-refractivity contribution in [3.8, 4) is 11.5 Å². The Balaban J connectivity index is 1.54. The number of imide groups is 1. The van der Waals surface area contributed by atoms with Crippen LogP contribution in [0.4, 0.5) is 4.79 Å². The molecule has 0 spiro atoms. The van der Waals surface area contributed by atoms with Crippen LogP contribution in [0.2, 0.25) is 5.02 Å². The normalized spacial score (nSPS) is 14.4. The van der Waals surface area contributed by atoms with E-state index in [0.29, 0.717) is 35.3 Å². The lowest BCUT2D eigenvalue weighted by atomic mass is 10.1. The fourth-order valence-corrected chi connectivity index (χ4v) is 4.27. The molecule has 0 radical (unpaired) electrons. The third-order valence-corrected chi connectivity index (χ3v) is 6.49. The largest absolute Gasteiger partial charge is 0.490 e. The molecule has 3 aromatic carbocycles. The molecule has 180 valence electrons. The molecule has 1 fully saturated rings. The topological polar surface area (TPSA) is 67.9 Å². The Morgan fingerprint density at radius 1 is 0.943 bits per heavy atom. The monoisotopic (exact) mass is 618 g/mol. The van der Waals surface area contributed by atoms with Crippen molar-refractivity contribution in [2.75, 3.05) is 6.61 Å². The number of amides is 3. The number of nitrogens with zero attached hydrogens (tertiary/aromatic N) is 1. The fourth-order valence-electron chi connectivity index (χ4n) is 3.46. The maximum absolute atomic E-state index is 12.9. The predicted octanol–water partition coefficient (Wildman–Crippen LogP) is 6.94. The SMILES string of the molecule is CCOc1cc(/C=C2/NC(=O)N(Cc3ccc(Br)cc3)C2=O)cc(Cl)c1OCc1ccc(Br)cc1. The molecular formula is C26H21Br2ClN2O4. The summed E-state index contributed by atoms with van der Waals surface area (Å²) in [7, 11) is 0. The summed E-state index contributed by atoms with van der Waals surface area (Å²) in [5.74, 6) is 0.451. The van der Waals surface area contributed by atoms with Crippen molar-refractivity contribution in [1.82, 2.24) is 10.2 Å². The summed E-state index contributed by atoms with van der Waals surface area (Å²) in [5, 5.41) is 2.98. The second kappa shape index (κ2) is 11.3. The average molecular weight is 621 g/mol. The van der Waals surface area contributed by atoms with Gasteiger partial charge in [0.25, 0.3) is 5.91 Å². The Labute approximate surface area is 225 Å². The Morgan fingerprint density at radius 3 is 2.20 bits per heavy atom. The first-order valence-corrected chi connectivity index (χ1v) is 12.7. The maximum atomic E-state index is 12.9. The number of benzene rings is 3. The molecule has 0 unspecified atom stereocenters. The molecule has 1 saturated heterocycles. The summed E-state index contributed by atoms with van der Waals surface area (Å²) in [6.45, 7) is 2.75. The van der Waals surface area contributed by atoms with Crippen molar-refractivity contribution in [1.29, 1.82) is 0 Å². The molecule has 3 amide bonds. The number of carbonyl (C=O) groups excluding carboxylic acids is 2. The van der Waals surface area contributed by atoms with E-state index in [2.05, 4.69) is 37.2 Å². The van der Waals surface area contributed by atoms with Gasteiger partial charge in [0.1, 0.15) is 12.3 Å². The van der Waals surface area contributed by atoms with E-state index in [1.54, 1.807) is 18.2 Å². The van der Waals surface area contributed by atoms with Crippen LogP contribution in [-0.4, -0.2) is 23.4 Å². The third kappa shape index (κ3) is 6.25. The number of carbonyl (C=O) groups is 2. The smallest absolute Gasteiger partial charge is 0.329 e. The van der Waals surface area contributed by atoms with Gasteiger partial charge in [-0.3, -0.25) is 9.69 Å². The van der Waals surface area contributed by atoms with Crippen LogP contribution < -0.4 is 14.8 Å². The van der Waals surface area contributed by atoms with Gasteiger partial charge in [0.05, 0.1) is 18.2 Å². The molecule has 6 nitrogen and oxygen atoms in total. The molecule has 0 atom stereocenters. The number of nitrogens with one attached hydrogen (secondary N) is 1. The fraction of sp³-hybridized carbons (Fsp3) is 0.154. The van der Waals surface area contributed by atoms with E-state index >= 15 is 0 Å². The van der Waals surface area contributed by atoms with E-state index in [9.17, 15) is 9.59 Å². The van der Waals surface area contributed by atoms with Gasteiger partial charge in [0.15, 0.2) is 11.5 Å². The van der Waals surface area contributed by atoms with E-state index in [1.165, 1.54) is 0 Å². The molecule has 4 rings (SSSR count). The van der Waals surface area contributed by atoms with Crippen LogP contribution in [0.5, 0.6) is 11.5 Å². The van der Waals surface area contributed by atoms with Crippen LogP contribution in [0.1, 0.15) is 23.6 Å². The van der Waals surface area contributed by atoms with Gasteiger partial charge >= 0.3 is 6.03 Å². The maximum Gasteiger partial charge on any atom is 0.329 e. The van der Waals surface area contributed by atoms with Crippen LogP contribution in [-0.2, 0) is 17.9 Å². The van der Waals surface area contributed by atoms with Crippen molar-refractivity contribution in [2.24, 2.45) is 0 Å². The van der Waals surface area contributed by atoms with Gasteiger partial charge < -0.3 is 14.8 Å². The number of hydrogen-bond acceptors (Lipinski definition) is 4. The van der Waals surface area contributed by atoms with E-state index in [-0.39, 0.29) is 12.2 Å². The van der Waals surface area contributed by atoms with Gasteiger partial charge in [-0.15, -0.1) is 0 Å². The number of urea groups is 1. The van der Waals surface area contributed by atoms with Gasteiger partial charge in [0, 0.05) is 8.95 Å². The molecule has 0 aliphatic carbocycles. The lowest BCUT2D eigenvalue weighted by Gasteiger charge is -2.15. The second-order valence-electron chi connectivity index (χ2n) is 7.68. The van der Waals surface area contributed by atoms with E-state index in [4.69, 9.17) is 21.1 Å². The summed E-state index contributed by atoms with van der Waals surface area (Å²) in [4.78, 5) is 26.5. The number of ether oxygens (including phenoxy) is 2. The zero-order valence-electron chi connectivity index (χ0n) is 18.7. The summed E-state index contributed by atoms with van der Waals surface area (Å²) in [6.07, 6.45) is 1.58. The average Bonchev–Trinajstić information content (AvgIpc) is 3.08. The lowest BCUT2D eigenvalue weighted by molar-refractivity contribution is -0.123. The van der Waals surface area contributed by atoms with Crippen LogP contribution in [0.25, 0.3) is 6.08 Å². The lowest BCUT2D eigenvalue weighted by Crippen LogP contribution is -2.30. The quantitative estimate of drug-likeness (QED) is 0.219. The zero-order chi connectivity index (χ0) is 24.9. The minimum absolute atomic E-state index is 0.161. The standard InChI is InChI=1S/C26H21Br2ClN2O4/c1-2-34-23-13-18(11-21(29)24(23)35-15-17-5-9-20(28)10-6-17)12-22-25(32)31(26(33)30-22)14-16-3-7-19(27)8-4-16/h3-13H,2,14-15H2,1H3,(H,30,33)/b22-12+. The molecule has 0 saturated carbocycles. The number of halogens is 3. The first-order valence-electron chi connectivity index (χ1n) is 10.8. The highest BCUT2D eigenvalue weighted by atomic mass is 79.9. The van der Waals surface area contributed by atoms with Crippen LogP contribution >= 0.6 is 43.5 Å². The third-order valence-electron chi connectivity index (χ3n) is 5.16. The van der Waals surface area contributed by atoms with Gasteiger partial charge in [-0.25, -0.2) is 4.79 Å². The summed E-state index contributed by atoms with van der Waals surface area (Å²) >= 11 is 13.3. The van der Waals surface area contributed by atoms with Gasteiger partial charge in [-0.1, -0.05) is 67.7 Å². The molecule has 1 heterocycles. The minimum atomic E-state index is -0.477. The Kier molecular flexibility index (Phi) is 8.15. The molecule has 1 aliphatic rings. The Hall–Kier alpha value is -2.81. The van der Waals surface area contributed by atoms with E-state index in [0.717, 1.165) is 25.0 Å². The molecule has 0 aromatic heterocycles. The van der Waals surface area contributed by atoms with Gasteiger partial charge in [-0.05, 0) is 66.1 Å². The molecule has 9 heteroatoms. The van der Waals surface area contributed by atoms with E-state index in [1.807, 2.05) is 55.5 Å². The predicted molar refractivity (Wildman–Crippen MR) is 142 cm³/mol. The molecule has 3 aromatic rings. The van der Waals surface area contributed by atoms with Crippen LogP contribution in [0, 0.1) is 0 Å². The molecule has 1 N–H and O–H groups in total. The summed E-state index contributed by atoms with van der Waals surface area (Å²) in [6, 6.07) is 18.1. The molecule has 0 bridgehead atoms. The number of hydrogen-bond donors (Lipinski definition) is 1. The second-order valence-corrected chi connectivity index (χ2v) is 9.92. The zero-order valence-corrected chi connectivity index (χ0v) is 22.6. The summed E-state index contributed by atoms with van der Waals surface area (Å²) < 4.78 is 13.6. The highest BCUT2D eigenvalue weighted by Crippen LogP contribution is 2.38. The molecule has 35 heavy (non-hydrogen) atoms. The van der Waals surface area contributed by atoms with Crippen LogP contribution in [0.3, 0.4) is 0 Å². The molecular weight excluding hydrogens is 600 g/mol. The van der Waals surface area contributed by atoms with Crippen molar-refractivity contribution < 1.29 is 19.1 Å². The van der Waals surface area contributed by atoms with Crippen molar-refractivity contribution in [3.63, 3.8) is 0 Å². The summed E-state index contributed by atoms with van der Waals surface area (Å²) in [5.41, 5.74) is 2.58. The van der Waals surface area contributed by atoms with Gasteiger partial charge in [-0.2, -0.15) is 0 Å². The Morgan fingerprint density at radius 2 is 1.57 bits per heavy atom. The van der Waals surface area contributed by atoms with Crippen LogP contribution in [0.15, 0.2) is 75.3 Å². The number of rotatable bonds is 8. The minimum Gasteiger partial charge on any atom is -0.490 e. The first-order chi connectivity index (χ1) is 16.8.